The summed E-state index contributed by atoms with van der Waals surface area (Å²) in [5, 5.41) is 8.34. The first-order valence-corrected chi connectivity index (χ1v) is 9.46. The highest BCUT2D eigenvalue weighted by atomic mass is 35.5. The van der Waals surface area contributed by atoms with Gasteiger partial charge in [-0.15, -0.1) is 11.3 Å². The van der Waals surface area contributed by atoms with Crippen LogP contribution in [0.15, 0.2) is 68.2 Å². The number of hydrazone groups is 1. The third-order valence-corrected chi connectivity index (χ3v) is 5.07. The van der Waals surface area contributed by atoms with E-state index in [4.69, 9.17) is 27.6 Å². The predicted molar refractivity (Wildman–Crippen MR) is 111 cm³/mol. The number of anilines is 1. The number of hydrogen-bond acceptors (Lipinski definition) is 6. The summed E-state index contributed by atoms with van der Waals surface area (Å²) in [7, 11) is 0. The van der Waals surface area contributed by atoms with Gasteiger partial charge < -0.3 is 4.42 Å². The molecular weight excluding hydrogens is 405 g/mol. The Balaban J connectivity index is 1.59. The molecule has 0 bridgehead atoms. The van der Waals surface area contributed by atoms with E-state index < -0.39 is 5.63 Å². The van der Waals surface area contributed by atoms with Crippen molar-refractivity contribution in [3.8, 4) is 11.3 Å². The van der Waals surface area contributed by atoms with Gasteiger partial charge in [0.1, 0.15) is 5.58 Å². The van der Waals surface area contributed by atoms with Crippen LogP contribution >= 0.6 is 34.5 Å². The Labute approximate surface area is 167 Å². The summed E-state index contributed by atoms with van der Waals surface area (Å²) in [6.45, 7) is 0. The van der Waals surface area contributed by atoms with Crippen molar-refractivity contribution in [2.24, 2.45) is 5.10 Å². The van der Waals surface area contributed by atoms with E-state index in [-0.39, 0.29) is 0 Å². The molecule has 0 aliphatic rings. The quantitative estimate of drug-likeness (QED) is 0.265. The molecule has 2 aromatic heterocycles. The van der Waals surface area contributed by atoms with Gasteiger partial charge in [0, 0.05) is 26.4 Å². The van der Waals surface area contributed by atoms with Crippen LogP contribution in [0.4, 0.5) is 5.13 Å². The molecule has 4 rings (SSSR count). The number of hydrogen-bond donors (Lipinski definition) is 1. The van der Waals surface area contributed by atoms with Gasteiger partial charge in [-0.3, -0.25) is 5.43 Å². The molecule has 0 spiro atoms. The van der Waals surface area contributed by atoms with E-state index in [1.54, 1.807) is 41.9 Å². The highest BCUT2D eigenvalue weighted by Gasteiger charge is 2.12. The molecule has 1 N–H and O–H groups in total. The van der Waals surface area contributed by atoms with Crippen LogP contribution in [-0.2, 0) is 0 Å². The molecule has 4 aromatic rings. The largest absolute Gasteiger partial charge is 0.422 e. The highest BCUT2D eigenvalue weighted by molar-refractivity contribution is 7.14. The van der Waals surface area contributed by atoms with Gasteiger partial charge in [-0.25, -0.2) is 9.78 Å². The number of fused-ring (bicyclic) bond motifs is 1. The fourth-order valence-electron chi connectivity index (χ4n) is 2.46. The Morgan fingerprint density at radius 3 is 2.85 bits per heavy atom. The van der Waals surface area contributed by atoms with Crippen LogP contribution in [0, 0.1) is 0 Å². The van der Waals surface area contributed by atoms with E-state index in [0.29, 0.717) is 32.0 Å². The van der Waals surface area contributed by atoms with E-state index >= 15 is 0 Å². The first kappa shape index (κ1) is 17.7. The minimum atomic E-state index is -0.457. The topological polar surface area (TPSA) is 67.5 Å². The lowest BCUT2D eigenvalue weighted by atomic mass is 10.1. The third kappa shape index (κ3) is 3.88. The number of nitrogens with one attached hydrogen (secondary N) is 1. The van der Waals surface area contributed by atoms with Crippen LogP contribution in [0.5, 0.6) is 0 Å². The maximum Gasteiger partial charge on any atom is 0.345 e. The monoisotopic (exact) mass is 415 g/mol. The third-order valence-electron chi connectivity index (χ3n) is 3.74. The van der Waals surface area contributed by atoms with Crippen LogP contribution in [0.1, 0.15) is 5.56 Å². The maximum atomic E-state index is 12.3. The molecule has 0 aliphatic carbocycles. The Morgan fingerprint density at radius 1 is 1.15 bits per heavy atom. The second-order valence-electron chi connectivity index (χ2n) is 5.56. The smallest absolute Gasteiger partial charge is 0.345 e. The summed E-state index contributed by atoms with van der Waals surface area (Å²) < 4.78 is 5.35. The number of halogens is 2. The van der Waals surface area contributed by atoms with E-state index in [1.165, 1.54) is 11.3 Å². The average molecular weight is 416 g/mol. The molecule has 0 aliphatic heterocycles. The lowest BCUT2D eigenvalue weighted by Crippen LogP contribution is -2.03. The van der Waals surface area contributed by atoms with Crippen molar-refractivity contribution in [3.63, 3.8) is 0 Å². The summed E-state index contributed by atoms with van der Waals surface area (Å²) >= 11 is 13.4. The Kier molecular flexibility index (Phi) is 4.94. The van der Waals surface area contributed by atoms with Crippen LogP contribution in [0.2, 0.25) is 10.0 Å². The van der Waals surface area contributed by atoms with Crippen molar-refractivity contribution in [1.82, 2.24) is 4.98 Å². The van der Waals surface area contributed by atoms with Crippen molar-refractivity contribution < 1.29 is 4.42 Å². The molecule has 5 nitrogen and oxygen atoms in total. The molecule has 0 atom stereocenters. The van der Waals surface area contributed by atoms with Gasteiger partial charge in [0.15, 0.2) is 0 Å². The second kappa shape index (κ2) is 7.52. The van der Waals surface area contributed by atoms with Gasteiger partial charge in [0.2, 0.25) is 5.13 Å². The van der Waals surface area contributed by atoms with Gasteiger partial charge in [0.05, 0.1) is 17.5 Å². The van der Waals surface area contributed by atoms with Gasteiger partial charge >= 0.3 is 5.63 Å². The summed E-state index contributed by atoms with van der Waals surface area (Å²) in [6.07, 6.45) is 1.61. The van der Waals surface area contributed by atoms with Crippen molar-refractivity contribution in [2.75, 3.05) is 5.43 Å². The first-order chi connectivity index (χ1) is 13.1. The van der Waals surface area contributed by atoms with E-state index in [2.05, 4.69) is 15.5 Å². The Hall–Kier alpha value is -2.67. The normalized spacial score (nSPS) is 11.3. The lowest BCUT2D eigenvalue weighted by molar-refractivity contribution is 0.563. The minimum absolute atomic E-state index is 0.365. The zero-order valence-corrected chi connectivity index (χ0v) is 16.0. The van der Waals surface area contributed by atoms with E-state index in [9.17, 15) is 4.79 Å². The molecule has 27 heavy (non-hydrogen) atoms. The molecule has 2 aromatic carbocycles. The Bertz CT molecular complexity index is 1220. The highest BCUT2D eigenvalue weighted by Crippen LogP contribution is 2.26. The molecule has 0 radical (unpaired) electrons. The molecule has 8 heteroatoms. The molecule has 0 fully saturated rings. The number of aromatic nitrogens is 1. The fraction of sp³-hybridized carbons (Fsp3) is 0. The molecule has 134 valence electrons. The second-order valence-corrected chi connectivity index (χ2v) is 7.26. The first-order valence-electron chi connectivity index (χ1n) is 7.83. The van der Waals surface area contributed by atoms with Gasteiger partial charge in [-0.1, -0.05) is 41.4 Å². The number of rotatable bonds is 4. The SMILES string of the molecule is O=c1oc2ccc(Cl)cc2cc1-c1csc(NN=Cc2ccccc2Cl)n1. The van der Waals surface area contributed by atoms with E-state index in [0.717, 1.165) is 10.9 Å². The van der Waals surface area contributed by atoms with Gasteiger partial charge in [0.25, 0.3) is 0 Å². The molecule has 0 amide bonds. The number of benzene rings is 2. The zero-order valence-electron chi connectivity index (χ0n) is 13.6. The predicted octanol–water partition coefficient (Wildman–Crippen LogP) is 5.67. The van der Waals surface area contributed by atoms with Gasteiger partial charge in [-0.05, 0) is 30.3 Å². The van der Waals surface area contributed by atoms with Crippen molar-refractivity contribution in [3.05, 3.63) is 79.9 Å². The average Bonchev–Trinajstić information content (AvgIpc) is 3.12. The zero-order chi connectivity index (χ0) is 18.8. The Morgan fingerprint density at radius 2 is 2.00 bits per heavy atom. The standard InChI is InChI=1S/C19H11Cl2N3O2S/c20-13-5-6-17-12(7-13)8-14(18(25)26-17)16-10-27-19(23-16)24-22-9-11-3-1-2-4-15(11)21/h1-10H,(H,23,24). The summed E-state index contributed by atoms with van der Waals surface area (Å²) in [5.74, 6) is 0. The molecule has 0 saturated heterocycles. The number of nitrogens with zero attached hydrogens (tertiary/aromatic N) is 2. The summed E-state index contributed by atoms with van der Waals surface area (Å²) in [4.78, 5) is 16.7. The lowest BCUT2D eigenvalue weighted by Gasteiger charge is -2.00. The van der Waals surface area contributed by atoms with Crippen LogP contribution in [0.25, 0.3) is 22.2 Å². The summed E-state index contributed by atoms with van der Waals surface area (Å²) in [5.41, 5.74) is 4.52. The van der Waals surface area contributed by atoms with Crippen molar-refractivity contribution >= 4 is 56.9 Å². The molecule has 0 unspecified atom stereocenters. The maximum absolute atomic E-state index is 12.3. The number of thiazole rings is 1. The molecule has 2 heterocycles. The van der Waals surface area contributed by atoms with Crippen molar-refractivity contribution in [1.29, 1.82) is 0 Å². The summed E-state index contributed by atoms with van der Waals surface area (Å²) in [6, 6.07) is 14.2. The van der Waals surface area contributed by atoms with E-state index in [1.807, 2.05) is 18.2 Å². The van der Waals surface area contributed by atoms with Crippen LogP contribution < -0.4 is 11.1 Å². The van der Waals surface area contributed by atoms with Crippen molar-refractivity contribution in [2.45, 2.75) is 0 Å². The minimum Gasteiger partial charge on any atom is -0.422 e. The van der Waals surface area contributed by atoms with Crippen LogP contribution in [0.3, 0.4) is 0 Å². The van der Waals surface area contributed by atoms with Gasteiger partial charge in [-0.2, -0.15) is 5.10 Å². The fourth-order valence-corrected chi connectivity index (χ4v) is 3.48. The van der Waals surface area contributed by atoms with Crippen LogP contribution in [-0.4, -0.2) is 11.2 Å². The molecule has 0 saturated carbocycles. The molecular formula is C19H11Cl2N3O2S.